The van der Waals surface area contributed by atoms with Crippen molar-refractivity contribution in [3.63, 3.8) is 0 Å². The van der Waals surface area contributed by atoms with Gasteiger partial charge in [-0.15, -0.1) is 10.2 Å². The van der Waals surface area contributed by atoms with Crippen LogP contribution in [0.2, 0.25) is 0 Å². The van der Waals surface area contributed by atoms with E-state index >= 15 is 0 Å². The van der Waals surface area contributed by atoms with Gasteiger partial charge < -0.3 is 20.2 Å². The van der Waals surface area contributed by atoms with Crippen LogP contribution in [0.4, 0.5) is 37.8 Å². The predicted octanol–water partition coefficient (Wildman–Crippen LogP) is 4.81. The van der Waals surface area contributed by atoms with Crippen LogP contribution in [0.25, 0.3) is 11.6 Å². The Bertz CT molecular complexity index is 1010. The van der Waals surface area contributed by atoms with E-state index in [4.69, 9.17) is 10.2 Å². The largest absolute Gasteiger partial charge is 0.426 e. The molecule has 2 aromatic heterocycles. The molecule has 1 saturated heterocycles. The van der Waals surface area contributed by atoms with Crippen LogP contribution < -0.4 is 10.6 Å². The van der Waals surface area contributed by atoms with Gasteiger partial charge in [0.25, 0.3) is 11.8 Å². The number of hydrogen-bond donors (Lipinski definition) is 2. The van der Waals surface area contributed by atoms with Gasteiger partial charge in [-0.25, -0.2) is 4.98 Å². The van der Waals surface area contributed by atoms with Gasteiger partial charge in [-0.1, -0.05) is 19.3 Å². The molecule has 2 aliphatic rings. The van der Waals surface area contributed by atoms with Crippen molar-refractivity contribution in [2.45, 2.75) is 75.4 Å². The first kappa shape index (κ1) is 23.6. The Morgan fingerprint density at radius 2 is 1.73 bits per heavy atom. The molecule has 2 aliphatic heterocycles. The first-order valence-corrected chi connectivity index (χ1v) is 10.7. The van der Waals surface area contributed by atoms with Crippen LogP contribution in [0.1, 0.15) is 62.8 Å². The molecule has 0 spiro atoms. The number of aliphatic hydroxyl groups is 1. The zero-order valence-electron chi connectivity index (χ0n) is 17.5. The number of pyridine rings is 1. The molecular formula is C20H23F6N5O2. The highest BCUT2D eigenvalue weighted by atomic mass is 19.4. The quantitative estimate of drug-likeness (QED) is 0.523. The van der Waals surface area contributed by atoms with Gasteiger partial charge >= 0.3 is 12.4 Å². The lowest BCUT2D eigenvalue weighted by atomic mass is 9.94. The fourth-order valence-electron chi connectivity index (χ4n) is 4.50. The summed E-state index contributed by atoms with van der Waals surface area (Å²) in [6, 6.07) is 0.496. The van der Waals surface area contributed by atoms with E-state index in [-0.39, 0.29) is 24.0 Å². The Balaban J connectivity index is 1.88. The van der Waals surface area contributed by atoms with E-state index < -0.39 is 47.4 Å². The summed E-state index contributed by atoms with van der Waals surface area (Å²) < 4.78 is 87.7. The molecule has 4 bridgehead atoms. The first-order chi connectivity index (χ1) is 15.4. The van der Waals surface area contributed by atoms with Crippen LogP contribution >= 0.6 is 0 Å². The summed E-state index contributed by atoms with van der Waals surface area (Å²) in [7, 11) is 0. The Morgan fingerprint density at radius 3 is 2.42 bits per heavy atom. The Kier molecular flexibility index (Phi) is 5.95. The summed E-state index contributed by atoms with van der Waals surface area (Å²) in [5.74, 6) is -2.05. The summed E-state index contributed by atoms with van der Waals surface area (Å²) >= 11 is 0. The molecular weight excluding hydrogens is 456 g/mol. The maximum absolute atomic E-state index is 13.8. The van der Waals surface area contributed by atoms with Crippen LogP contribution in [0, 0.1) is 0 Å². The summed E-state index contributed by atoms with van der Waals surface area (Å²) in [6.07, 6.45) is -6.95. The molecule has 0 amide bonds. The Hall–Kier alpha value is -2.57. The van der Waals surface area contributed by atoms with Gasteiger partial charge in [0.1, 0.15) is 11.4 Å². The zero-order valence-corrected chi connectivity index (χ0v) is 17.5. The molecule has 13 heteroatoms. The van der Waals surface area contributed by atoms with Crippen molar-refractivity contribution in [2.75, 3.05) is 17.2 Å². The lowest BCUT2D eigenvalue weighted by molar-refractivity contribution is -0.277. The predicted molar refractivity (Wildman–Crippen MR) is 105 cm³/mol. The number of rotatable bonds is 0. The van der Waals surface area contributed by atoms with Crippen LogP contribution in [-0.4, -0.2) is 39.1 Å². The monoisotopic (exact) mass is 479 g/mol. The van der Waals surface area contributed by atoms with Crippen molar-refractivity contribution in [1.29, 1.82) is 0 Å². The van der Waals surface area contributed by atoms with Gasteiger partial charge in [0, 0.05) is 12.6 Å². The molecule has 0 radical (unpaired) electrons. The minimum Gasteiger partial charge on any atom is -0.416 e. The fourth-order valence-corrected chi connectivity index (χ4v) is 4.50. The normalized spacial score (nSPS) is 24.8. The summed E-state index contributed by atoms with van der Waals surface area (Å²) in [6.45, 7) is 0.354. The highest BCUT2D eigenvalue weighted by Gasteiger charge is 2.58. The van der Waals surface area contributed by atoms with E-state index in [1.807, 2.05) is 0 Å². The smallest absolute Gasteiger partial charge is 0.416 e. The molecule has 33 heavy (non-hydrogen) atoms. The van der Waals surface area contributed by atoms with Crippen LogP contribution in [0.5, 0.6) is 0 Å². The van der Waals surface area contributed by atoms with Crippen molar-refractivity contribution in [2.24, 2.45) is 0 Å². The third kappa shape index (κ3) is 4.34. The van der Waals surface area contributed by atoms with E-state index in [1.54, 1.807) is 4.90 Å². The summed E-state index contributed by atoms with van der Waals surface area (Å²) in [5, 5.41) is 17.3. The molecule has 4 rings (SSSR count). The second kappa shape index (κ2) is 8.33. The van der Waals surface area contributed by atoms with Crippen LogP contribution in [0.3, 0.4) is 0 Å². The van der Waals surface area contributed by atoms with Crippen molar-refractivity contribution in [3.05, 3.63) is 17.5 Å². The molecule has 7 nitrogen and oxygen atoms in total. The number of nitrogens with two attached hydrogens (primary N) is 1. The van der Waals surface area contributed by atoms with Gasteiger partial charge in [0.15, 0.2) is 5.69 Å². The van der Waals surface area contributed by atoms with Crippen molar-refractivity contribution in [1.82, 2.24) is 15.2 Å². The summed E-state index contributed by atoms with van der Waals surface area (Å²) in [5.41, 5.74) is 0.533. The highest BCUT2D eigenvalue weighted by Crippen LogP contribution is 2.45. The van der Waals surface area contributed by atoms with E-state index in [2.05, 4.69) is 15.2 Å². The average Bonchev–Trinajstić information content (AvgIpc) is 3.38. The molecule has 1 fully saturated rings. The van der Waals surface area contributed by atoms with Gasteiger partial charge in [-0.3, -0.25) is 0 Å². The number of hydrogen-bond acceptors (Lipinski definition) is 7. The van der Waals surface area contributed by atoms with E-state index in [1.165, 1.54) is 0 Å². The molecule has 0 aromatic carbocycles. The molecule has 3 N–H and O–H groups in total. The number of halogens is 6. The van der Waals surface area contributed by atoms with E-state index in [0.717, 1.165) is 0 Å². The molecule has 2 atom stereocenters. The molecule has 0 unspecified atom stereocenters. The maximum Gasteiger partial charge on any atom is 0.426 e. The molecule has 0 saturated carbocycles. The van der Waals surface area contributed by atoms with Gasteiger partial charge in [0.2, 0.25) is 5.60 Å². The lowest BCUT2D eigenvalue weighted by Gasteiger charge is -2.29. The van der Waals surface area contributed by atoms with E-state index in [9.17, 15) is 31.4 Å². The first-order valence-electron chi connectivity index (χ1n) is 10.7. The summed E-state index contributed by atoms with van der Waals surface area (Å²) in [4.78, 5) is 5.65. The molecule has 182 valence electrons. The zero-order chi connectivity index (χ0) is 24.0. The average molecular weight is 479 g/mol. The van der Waals surface area contributed by atoms with Crippen LogP contribution in [-0.2, 0) is 11.8 Å². The number of alkyl halides is 6. The third-order valence-electron chi connectivity index (χ3n) is 6.26. The minimum atomic E-state index is -5.10. The highest BCUT2D eigenvalue weighted by molar-refractivity contribution is 5.71. The second-order valence-corrected chi connectivity index (χ2v) is 8.51. The van der Waals surface area contributed by atoms with E-state index in [0.29, 0.717) is 51.1 Å². The third-order valence-corrected chi connectivity index (χ3v) is 6.26. The Morgan fingerprint density at radius 1 is 1.03 bits per heavy atom. The van der Waals surface area contributed by atoms with Crippen LogP contribution in [0.15, 0.2) is 10.5 Å². The van der Waals surface area contributed by atoms with Crippen molar-refractivity contribution >= 4 is 11.5 Å². The maximum atomic E-state index is 13.8. The SMILES string of the molecule is Nc1cc(C(F)(F)F)c2nc1-c1nnc(o1)[C@@](O)(C(F)(F)F)CCCCCC[C@@H]1CCCN21. The topological polar surface area (TPSA) is 101 Å². The molecule has 4 heterocycles. The van der Waals surface area contributed by atoms with Crippen molar-refractivity contribution in [3.8, 4) is 11.6 Å². The number of anilines is 2. The minimum absolute atomic E-state index is 0.0501. The number of nitrogen functional groups attached to an aromatic ring is 1. The number of aromatic nitrogens is 3. The Labute approximate surface area is 185 Å². The molecule has 2 aromatic rings. The van der Waals surface area contributed by atoms with Gasteiger partial charge in [-0.05, 0) is 38.2 Å². The van der Waals surface area contributed by atoms with Gasteiger partial charge in [0.05, 0.1) is 5.69 Å². The second-order valence-electron chi connectivity index (χ2n) is 8.51. The van der Waals surface area contributed by atoms with Gasteiger partial charge in [-0.2, -0.15) is 26.3 Å². The fraction of sp³-hybridized carbons (Fsp3) is 0.650. The number of nitrogens with zero attached hydrogens (tertiary/aromatic N) is 4. The standard InChI is InChI=1S/C20H23F6N5O2/c21-19(22,23)12-10-13(27)14-16-29-30-17(33-16)18(32,20(24,25)26)8-4-2-1-3-6-11-7-5-9-31(11)15(12)28-14/h10-11,32H,1-9,27H2/t11-,18-/m1/s1. The lowest BCUT2D eigenvalue weighted by Crippen LogP contribution is -2.42. The van der Waals surface area contributed by atoms with Crippen molar-refractivity contribution < 1.29 is 35.9 Å². The molecule has 0 aliphatic carbocycles. The number of fused-ring (bicyclic) bond motifs is 7.